The first-order chi connectivity index (χ1) is 10.7. The van der Waals surface area contributed by atoms with Gasteiger partial charge in [0.1, 0.15) is 0 Å². The second-order valence-electron chi connectivity index (χ2n) is 5.05. The van der Waals surface area contributed by atoms with Gasteiger partial charge in [0.05, 0.1) is 10.7 Å². The molecular weight excluding hydrogens is 292 g/mol. The molecule has 0 saturated carbocycles. The summed E-state index contributed by atoms with van der Waals surface area (Å²) in [6.45, 7) is 7.09. The lowest BCUT2D eigenvalue weighted by atomic mass is 9.95. The van der Waals surface area contributed by atoms with Gasteiger partial charge in [0.15, 0.2) is 0 Å². The Kier molecular flexibility index (Phi) is 4.12. The largest absolute Gasteiger partial charge is 0.341 e. The van der Waals surface area contributed by atoms with Crippen LogP contribution < -0.4 is 0 Å². The highest BCUT2D eigenvalue weighted by Gasteiger charge is 2.22. The van der Waals surface area contributed by atoms with Crippen LogP contribution in [-0.2, 0) is 0 Å². The second kappa shape index (κ2) is 6.20. The molecule has 3 rings (SSSR count). The monoisotopic (exact) mass is 308 g/mol. The van der Waals surface area contributed by atoms with Crippen molar-refractivity contribution in [1.82, 2.24) is 9.88 Å². The molecule has 0 radical (unpaired) electrons. The molecule has 2 nitrogen and oxygen atoms in total. The fourth-order valence-corrected chi connectivity index (χ4v) is 2.92. The number of nitrogens with zero attached hydrogens (tertiary/aromatic N) is 2. The standard InChI is InChI=1S/C19H17ClN2/c1-3-22-14(2)9-10-16(15-7-5-4-6-8-15)19(22)17-11-12-21-13-18(17)20/h4-13H,2-3H2,1H3. The van der Waals surface area contributed by atoms with Crippen molar-refractivity contribution in [2.24, 2.45) is 0 Å². The van der Waals surface area contributed by atoms with Crippen LogP contribution in [0.2, 0.25) is 5.02 Å². The summed E-state index contributed by atoms with van der Waals surface area (Å²) in [5, 5.41) is 0.646. The predicted molar refractivity (Wildman–Crippen MR) is 93.2 cm³/mol. The van der Waals surface area contributed by atoms with Crippen LogP contribution in [0.1, 0.15) is 18.1 Å². The van der Waals surface area contributed by atoms with Gasteiger partial charge in [-0.1, -0.05) is 54.6 Å². The van der Waals surface area contributed by atoms with E-state index in [1.165, 1.54) is 0 Å². The van der Waals surface area contributed by atoms with Crippen molar-refractivity contribution in [3.8, 4) is 0 Å². The summed E-state index contributed by atoms with van der Waals surface area (Å²) < 4.78 is 0. The first-order valence-electron chi connectivity index (χ1n) is 7.26. The smallest absolute Gasteiger partial charge is 0.0682 e. The molecule has 0 unspecified atom stereocenters. The molecule has 0 saturated heterocycles. The van der Waals surface area contributed by atoms with E-state index in [9.17, 15) is 0 Å². The third kappa shape index (κ3) is 2.58. The highest BCUT2D eigenvalue weighted by atomic mass is 35.5. The quantitative estimate of drug-likeness (QED) is 0.792. The summed E-state index contributed by atoms with van der Waals surface area (Å²) in [7, 11) is 0. The lowest BCUT2D eigenvalue weighted by Crippen LogP contribution is -2.23. The van der Waals surface area contributed by atoms with E-state index in [0.29, 0.717) is 5.02 Å². The fourth-order valence-electron chi connectivity index (χ4n) is 2.71. The molecule has 1 aliphatic rings. The van der Waals surface area contributed by atoms with Gasteiger partial charge in [-0.2, -0.15) is 0 Å². The molecule has 0 spiro atoms. The van der Waals surface area contributed by atoms with E-state index in [1.807, 2.05) is 30.3 Å². The van der Waals surface area contributed by atoms with Gasteiger partial charge in [-0.25, -0.2) is 0 Å². The van der Waals surface area contributed by atoms with Crippen molar-refractivity contribution in [3.05, 3.63) is 89.4 Å². The summed E-state index contributed by atoms with van der Waals surface area (Å²) in [5.74, 6) is 0. The number of rotatable bonds is 3. The van der Waals surface area contributed by atoms with Crippen LogP contribution in [-0.4, -0.2) is 16.4 Å². The minimum absolute atomic E-state index is 0.646. The highest BCUT2D eigenvalue weighted by Crippen LogP contribution is 2.38. The Hall–Kier alpha value is -2.32. The molecule has 0 amide bonds. The van der Waals surface area contributed by atoms with Crippen molar-refractivity contribution in [2.45, 2.75) is 6.92 Å². The van der Waals surface area contributed by atoms with Gasteiger partial charge in [0.25, 0.3) is 0 Å². The van der Waals surface area contributed by atoms with Gasteiger partial charge < -0.3 is 4.90 Å². The number of halogens is 1. The van der Waals surface area contributed by atoms with Crippen LogP contribution in [0.25, 0.3) is 11.3 Å². The van der Waals surface area contributed by atoms with E-state index in [1.54, 1.807) is 12.4 Å². The van der Waals surface area contributed by atoms with Crippen LogP contribution in [0.5, 0.6) is 0 Å². The minimum atomic E-state index is 0.646. The Morgan fingerprint density at radius 1 is 1.14 bits per heavy atom. The third-order valence-corrected chi connectivity index (χ3v) is 4.04. The van der Waals surface area contributed by atoms with E-state index in [4.69, 9.17) is 11.6 Å². The van der Waals surface area contributed by atoms with Crippen molar-refractivity contribution in [3.63, 3.8) is 0 Å². The average molecular weight is 309 g/mol. The molecule has 0 aliphatic carbocycles. The fraction of sp³-hybridized carbons (Fsp3) is 0.105. The minimum Gasteiger partial charge on any atom is -0.341 e. The van der Waals surface area contributed by atoms with E-state index >= 15 is 0 Å². The molecule has 1 aromatic heterocycles. The summed E-state index contributed by atoms with van der Waals surface area (Å²) in [5.41, 5.74) is 5.32. The number of pyridine rings is 1. The molecule has 0 fully saturated rings. The lowest BCUT2D eigenvalue weighted by Gasteiger charge is -2.32. The number of benzene rings is 1. The van der Waals surface area contributed by atoms with Gasteiger partial charge in [-0.15, -0.1) is 0 Å². The normalized spacial score (nSPS) is 14.6. The van der Waals surface area contributed by atoms with E-state index in [2.05, 4.69) is 41.6 Å². The maximum Gasteiger partial charge on any atom is 0.0682 e. The van der Waals surface area contributed by atoms with Gasteiger partial charge in [0.2, 0.25) is 0 Å². The lowest BCUT2D eigenvalue weighted by molar-refractivity contribution is 0.532. The maximum absolute atomic E-state index is 6.40. The number of hydrogen-bond acceptors (Lipinski definition) is 2. The van der Waals surface area contributed by atoms with Gasteiger partial charge in [-0.3, -0.25) is 4.98 Å². The first-order valence-corrected chi connectivity index (χ1v) is 7.64. The first kappa shape index (κ1) is 14.6. The average Bonchev–Trinajstić information content (AvgIpc) is 2.56. The molecule has 110 valence electrons. The van der Waals surface area contributed by atoms with Gasteiger partial charge in [-0.05, 0) is 24.6 Å². The van der Waals surface area contributed by atoms with Crippen LogP contribution in [0, 0.1) is 0 Å². The SMILES string of the molecule is C=C1C=CC(c2ccccc2)=C(c2ccncc2Cl)N1CC. The maximum atomic E-state index is 6.40. The molecule has 2 aromatic rings. The second-order valence-corrected chi connectivity index (χ2v) is 5.46. The number of hydrogen-bond donors (Lipinski definition) is 0. The van der Waals surface area contributed by atoms with E-state index < -0.39 is 0 Å². The summed E-state index contributed by atoms with van der Waals surface area (Å²) in [6, 6.07) is 12.3. The molecule has 0 N–H and O–H groups in total. The molecule has 3 heteroatoms. The summed E-state index contributed by atoms with van der Waals surface area (Å²) in [6.07, 6.45) is 7.60. The zero-order valence-electron chi connectivity index (χ0n) is 12.5. The van der Waals surface area contributed by atoms with Crippen LogP contribution in [0.3, 0.4) is 0 Å². The zero-order valence-corrected chi connectivity index (χ0v) is 13.2. The van der Waals surface area contributed by atoms with Crippen LogP contribution >= 0.6 is 11.6 Å². The van der Waals surface area contributed by atoms with Crippen LogP contribution in [0.15, 0.2) is 73.2 Å². The predicted octanol–water partition coefficient (Wildman–Crippen LogP) is 5.01. The molecule has 2 heterocycles. The Bertz CT molecular complexity index is 760. The van der Waals surface area contributed by atoms with Crippen LogP contribution in [0.4, 0.5) is 0 Å². The van der Waals surface area contributed by atoms with Crippen molar-refractivity contribution in [2.75, 3.05) is 6.54 Å². The zero-order chi connectivity index (χ0) is 15.5. The molecular formula is C19H17ClN2. The van der Waals surface area contributed by atoms with Crippen molar-refractivity contribution < 1.29 is 0 Å². The summed E-state index contributed by atoms with van der Waals surface area (Å²) in [4.78, 5) is 6.28. The van der Waals surface area contributed by atoms with Gasteiger partial charge >= 0.3 is 0 Å². The number of likely N-dealkylation sites (N-methyl/N-ethyl adjacent to an activating group) is 1. The molecule has 1 aromatic carbocycles. The van der Waals surface area contributed by atoms with Crippen molar-refractivity contribution >= 4 is 22.9 Å². The van der Waals surface area contributed by atoms with E-state index in [0.717, 1.165) is 34.6 Å². The Morgan fingerprint density at radius 2 is 1.91 bits per heavy atom. The Balaban J connectivity index is 2.28. The number of aromatic nitrogens is 1. The number of allylic oxidation sites excluding steroid dienone is 3. The third-order valence-electron chi connectivity index (χ3n) is 3.74. The molecule has 1 aliphatic heterocycles. The molecule has 22 heavy (non-hydrogen) atoms. The topological polar surface area (TPSA) is 16.1 Å². The van der Waals surface area contributed by atoms with E-state index in [-0.39, 0.29) is 0 Å². The van der Waals surface area contributed by atoms with Crippen molar-refractivity contribution in [1.29, 1.82) is 0 Å². The molecule has 0 atom stereocenters. The highest BCUT2D eigenvalue weighted by molar-refractivity contribution is 6.32. The Labute approximate surface area is 136 Å². The Morgan fingerprint density at radius 3 is 2.59 bits per heavy atom. The molecule has 0 bridgehead atoms. The summed E-state index contributed by atoms with van der Waals surface area (Å²) >= 11 is 6.40. The van der Waals surface area contributed by atoms with Gasteiger partial charge in [0, 0.05) is 35.8 Å².